The van der Waals surface area contributed by atoms with Crippen LogP contribution >= 0.6 is 11.6 Å². The summed E-state index contributed by atoms with van der Waals surface area (Å²) in [4.78, 5) is 0. The molecule has 0 radical (unpaired) electrons. The Morgan fingerprint density at radius 1 is 1.26 bits per heavy atom. The molecule has 1 atom stereocenters. The van der Waals surface area contributed by atoms with Gasteiger partial charge in [-0.05, 0) is 49.6 Å². The summed E-state index contributed by atoms with van der Waals surface area (Å²) in [5.41, 5.74) is 1.97. The molecular weight excluding hydrogens is 275 g/mol. The smallest absolute Gasteiger partial charge is 0.310 e. The molecule has 0 aliphatic heterocycles. The lowest BCUT2D eigenvalue weighted by Gasteiger charge is -2.19. The second-order valence-electron chi connectivity index (χ2n) is 4.68. The number of nitrogens with one attached hydrogen (secondary N) is 1. The quantitative estimate of drug-likeness (QED) is 0.775. The van der Waals surface area contributed by atoms with Gasteiger partial charge in [0.25, 0.3) is 0 Å². The maximum Gasteiger partial charge on any atom is 0.389 e. The summed E-state index contributed by atoms with van der Waals surface area (Å²) in [6.45, 7) is 4.57. The third kappa shape index (κ3) is 6.30. The summed E-state index contributed by atoms with van der Waals surface area (Å²) in [6.07, 6.45) is -4.25. The first-order valence-corrected chi connectivity index (χ1v) is 6.77. The summed E-state index contributed by atoms with van der Waals surface area (Å²) in [5, 5.41) is 3.83. The van der Waals surface area contributed by atoms with E-state index in [1.807, 2.05) is 32.0 Å². The van der Waals surface area contributed by atoms with Crippen LogP contribution in [0, 0.1) is 6.92 Å². The molecule has 1 N–H and O–H groups in total. The highest BCUT2D eigenvalue weighted by molar-refractivity contribution is 6.30. The van der Waals surface area contributed by atoms with Crippen LogP contribution in [0.4, 0.5) is 13.2 Å². The Morgan fingerprint density at radius 2 is 1.95 bits per heavy atom. The number of hydrogen-bond donors (Lipinski definition) is 1. The minimum atomic E-state index is -4.08. The van der Waals surface area contributed by atoms with Gasteiger partial charge in [-0.3, -0.25) is 0 Å². The molecule has 1 aromatic rings. The lowest BCUT2D eigenvalue weighted by atomic mass is 9.99. The third-order valence-corrected chi connectivity index (χ3v) is 3.09. The van der Waals surface area contributed by atoms with E-state index in [-0.39, 0.29) is 12.5 Å². The Bertz CT molecular complexity index is 384. The minimum Gasteiger partial charge on any atom is -0.310 e. The number of alkyl halides is 3. The van der Waals surface area contributed by atoms with Crippen LogP contribution < -0.4 is 5.32 Å². The number of benzene rings is 1. The van der Waals surface area contributed by atoms with Gasteiger partial charge in [0.2, 0.25) is 0 Å². The van der Waals surface area contributed by atoms with Crippen molar-refractivity contribution < 1.29 is 13.2 Å². The van der Waals surface area contributed by atoms with Gasteiger partial charge in [-0.15, -0.1) is 0 Å². The normalized spacial score (nSPS) is 13.6. The Hall–Kier alpha value is -0.740. The molecule has 0 heterocycles. The van der Waals surface area contributed by atoms with E-state index in [1.165, 1.54) is 0 Å². The third-order valence-electron chi connectivity index (χ3n) is 2.87. The van der Waals surface area contributed by atoms with Gasteiger partial charge in [-0.1, -0.05) is 24.6 Å². The molecule has 19 heavy (non-hydrogen) atoms. The van der Waals surface area contributed by atoms with Crippen molar-refractivity contribution in [3.63, 3.8) is 0 Å². The van der Waals surface area contributed by atoms with Crippen LogP contribution in [0.3, 0.4) is 0 Å². The summed E-state index contributed by atoms with van der Waals surface area (Å²) < 4.78 is 36.5. The van der Waals surface area contributed by atoms with E-state index in [9.17, 15) is 13.2 Å². The van der Waals surface area contributed by atoms with Crippen LogP contribution in [0.2, 0.25) is 5.02 Å². The molecule has 0 bridgehead atoms. The molecule has 5 heteroatoms. The van der Waals surface area contributed by atoms with Crippen LogP contribution in [-0.4, -0.2) is 12.7 Å². The van der Waals surface area contributed by atoms with Crippen molar-refractivity contribution in [3.8, 4) is 0 Å². The highest BCUT2D eigenvalue weighted by atomic mass is 35.5. The van der Waals surface area contributed by atoms with E-state index in [0.29, 0.717) is 18.0 Å². The molecule has 1 rings (SSSR count). The molecule has 1 unspecified atom stereocenters. The molecule has 0 saturated heterocycles. The summed E-state index contributed by atoms with van der Waals surface area (Å²) in [6, 6.07) is 5.54. The predicted octanol–water partition coefficient (Wildman–Crippen LogP) is 5.03. The van der Waals surface area contributed by atoms with Crippen molar-refractivity contribution in [2.24, 2.45) is 0 Å². The molecular formula is C14H19ClF3N. The molecule has 0 amide bonds. The first kappa shape index (κ1) is 16.3. The Kier molecular flexibility index (Phi) is 6.14. The lowest BCUT2D eigenvalue weighted by Crippen LogP contribution is -2.21. The minimum absolute atomic E-state index is 0.0789. The molecule has 1 nitrogen and oxygen atoms in total. The van der Waals surface area contributed by atoms with E-state index >= 15 is 0 Å². The Labute approximate surface area is 117 Å². The largest absolute Gasteiger partial charge is 0.389 e. The van der Waals surface area contributed by atoms with E-state index < -0.39 is 12.6 Å². The van der Waals surface area contributed by atoms with Gasteiger partial charge in [-0.25, -0.2) is 0 Å². The van der Waals surface area contributed by atoms with Gasteiger partial charge >= 0.3 is 6.18 Å². The highest BCUT2D eigenvalue weighted by Crippen LogP contribution is 2.28. The molecule has 0 aromatic heterocycles. The first-order valence-electron chi connectivity index (χ1n) is 6.39. The number of hydrogen-bond acceptors (Lipinski definition) is 1. The number of aryl methyl sites for hydroxylation is 1. The van der Waals surface area contributed by atoms with Crippen molar-refractivity contribution in [1.82, 2.24) is 5.32 Å². The monoisotopic (exact) mass is 293 g/mol. The Balaban J connectivity index is 2.71. The van der Waals surface area contributed by atoms with Gasteiger partial charge in [0.05, 0.1) is 0 Å². The van der Waals surface area contributed by atoms with Gasteiger partial charge in [0, 0.05) is 17.5 Å². The average Bonchev–Trinajstić information content (AvgIpc) is 2.25. The summed E-state index contributed by atoms with van der Waals surface area (Å²) in [7, 11) is 0. The lowest BCUT2D eigenvalue weighted by molar-refractivity contribution is -0.135. The molecule has 108 valence electrons. The average molecular weight is 294 g/mol. The Morgan fingerprint density at radius 3 is 2.47 bits per heavy atom. The van der Waals surface area contributed by atoms with Crippen LogP contribution in [0.5, 0.6) is 0 Å². The molecule has 0 spiro atoms. The van der Waals surface area contributed by atoms with Gasteiger partial charge < -0.3 is 5.32 Å². The van der Waals surface area contributed by atoms with Crippen molar-refractivity contribution in [2.45, 2.75) is 45.3 Å². The second kappa shape index (κ2) is 7.15. The fraction of sp³-hybridized carbons (Fsp3) is 0.571. The number of rotatable bonds is 6. The van der Waals surface area contributed by atoms with Crippen molar-refractivity contribution >= 4 is 11.6 Å². The fourth-order valence-electron chi connectivity index (χ4n) is 2.11. The van der Waals surface area contributed by atoms with Crippen LogP contribution in [0.15, 0.2) is 18.2 Å². The maximum atomic E-state index is 12.2. The number of halogens is 4. The van der Waals surface area contributed by atoms with Crippen LogP contribution in [0.25, 0.3) is 0 Å². The zero-order chi connectivity index (χ0) is 14.5. The second-order valence-corrected chi connectivity index (χ2v) is 5.12. The predicted molar refractivity (Wildman–Crippen MR) is 72.5 cm³/mol. The van der Waals surface area contributed by atoms with E-state index in [1.54, 1.807) is 0 Å². The van der Waals surface area contributed by atoms with Crippen molar-refractivity contribution in [2.75, 3.05) is 6.54 Å². The standard InChI is InChI=1S/C14H19ClF3N/c1-3-19-13(5-4-6-14(16,17)18)11-7-10(2)8-12(15)9-11/h7-9,13,19H,3-6H2,1-2H3. The van der Waals surface area contributed by atoms with Gasteiger partial charge in [-0.2, -0.15) is 13.2 Å². The van der Waals surface area contributed by atoms with E-state index in [0.717, 1.165) is 11.1 Å². The summed E-state index contributed by atoms with van der Waals surface area (Å²) in [5.74, 6) is 0. The maximum absolute atomic E-state index is 12.2. The van der Waals surface area contributed by atoms with E-state index in [2.05, 4.69) is 5.32 Å². The molecule has 0 saturated carbocycles. The van der Waals surface area contributed by atoms with Crippen LogP contribution in [-0.2, 0) is 0 Å². The topological polar surface area (TPSA) is 12.0 Å². The van der Waals surface area contributed by atoms with Crippen molar-refractivity contribution in [1.29, 1.82) is 0 Å². The fourth-order valence-corrected chi connectivity index (χ4v) is 2.40. The summed E-state index contributed by atoms with van der Waals surface area (Å²) >= 11 is 5.99. The zero-order valence-electron chi connectivity index (χ0n) is 11.1. The van der Waals surface area contributed by atoms with Gasteiger partial charge in [0.1, 0.15) is 0 Å². The van der Waals surface area contributed by atoms with Crippen LogP contribution in [0.1, 0.15) is 43.4 Å². The van der Waals surface area contributed by atoms with Crippen molar-refractivity contribution in [3.05, 3.63) is 34.3 Å². The molecule has 0 aliphatic carbocycles. The SMILES string of the molecule is CCNC(CCCC(F)(F)F)c1cc(C)cc(Cl)c1. The molecule has 0 aliphatic rings. The zero-order valence-corrected chi connectivity index (χ0v) is 11.9. The van der Waals surface area contributed by atoms with E-state index in [4.69, 9.17) is 11.6 Å². The molecule has 1 aromatic carbocycles. The highest BCUT2D eigenvalue weighted by Gasteiger charge is 2.26. The van der Waals surface area contributed by atoms with Gasteiger partial charge in [0.15, 0.2) is 0 Å². The molecule has 0 fully saturated rings. The first-order chi connectivity index (χ1) is 8.81.